The molecule has 0 aliphatic heterocycles. The van der Waals surface area contributed by atoms with Crippen LogP contribution in [0.3, 0.4) is 0 Å². The van der Waals surface area contributed by atoms with E-state index < -0.39 is 21.8 Å². The summed E-state index contributed by atoms with van der Waals surface area (Å²) in [4.78, 5) is 12.3. The second-order valence-corrected chi connectivity index (χ2v) is 8.98. The number of hydrogen-bond donors (Lipinski definition) is 1. The lowest BCUT2D eigenvalue weighted by Crippen LogP contribution is -2.22. The van der Waals surface area contributed by atoms with Gasteiger partial charge in [-0.05, 0) is 35.9 Å². The Balaban J connectivity index is 0.00000363. The molecule has 0 saturated heterocycles. The van der Waals surface area contributed by atoms with Crippen molar-refractivity contribution in [3.63, 3.8) is 0 Å². The maximum Gasteiger partial charge on any atom is 0.337 e. The zero-order valence-electron chi connectivity index (χ0n) is 17.6. The molecular weight excluding hydrogens is 461 g/mol. The zero-order chi connectivity index (χ0) is 22.8. The van der Waals surface area contributed by atoms with Crippen molar-refractivity contribution in [1.29, 1.82) is 0 Å². The largest absolute Gasteiger partial charge is 0.465 e. The number of nitrogens with two attached hydrogens (primary N) is 1. The van der Waals surface area contributed by atoms with Crippen LogP contribution in [0.1, 0.15) is 10.4 Å². The molecule has 0 spiro atoms. The van der Waals surface area contributed by atoms with Crippen LogP contribution in [-0.2, 0) is 21.3 Å². The van der Waals surface area contributed by atoms with Crippen LogP contribution in [0.2, 0.25) is 0 Å². The molecule has 0 amide bonds. The van der Waals surface area contributed by atoms with Gasteiger partial charge in [0.25, 0.3) is 0 Å². The summed E-state index contributed by atoms with van der Waals surface area (Å²) in [6, 6.07) is 9.29. The molecule has 3 aromatic rings. The van der Waals surface area contributed by atoms with Gasteiger partial charge in [0, 0.05) is 26.2 Å². The smallest absolute Gasteiger partial charge is 0.337 e. The lowest BCUT2D eigenvalue weighted by Gasteiger charge is -2.13. The van der Waals surface area contributed by atoms with E-state index in [9.17, 15) is 17.6 Å². The first kappa shape index (κ1) is 25.4. The van der Waals surface area contributed by atoms with E-state index in [-0.39, 0.29) is 36.0 Å². The molecule has 0 radical (unpaired) electrons. The lowest BCUT2D eigenvalue weighted by atomic mass is 10.0. The van der Waals surface area contributed by atoms with Gasteiger partial charge < -0.3 is 10.5 Å². The molecule has 12 heteroatoms. The van der Waals surface area contributed by atoms with E-state index in [1.807, 2.05) is 0 Å². The molecule has 32 heavy (non-hydrogen) atoms. The molecule has 0 atom stereocenters. The Labute approximate surface area is 191 Å². The summed E-state index contributed by atoms with van der Waals surface area (Å²) in [5.41, 5.74) is 7.28. The van der Waals surface area contributed by atoms with Crippen LogP contribution >= 0.6 is 12.4 Å². The maximum absolute atomic E-state index is 14.0. The number of rotatable bonds is 7. The first-order valence-electron chi connectivity index (χ1n) is 9.22. The van der Waals surface area contributed by atoms with Gasteiger partial charge in [0.1, 0.15) is 11.3 Å². The van der Waals surface area contributed by atoms with Crippen molar-refractivity contribution in [2.24, 2.45) is 5.73 Å². The summed E-state index contributed by atoms with van der Waals surface area (Å²) in [5, 5.41) is 8.13. The molecule has 9 nitrogen and oxygen atoms in total. The van der Waals surface area contributed by atoms with Crippen molar-refractivity contribution in [3.05, 3.63) is 53.9 Å². The number of ether oxygens (including phenoxy) is 1. The van der Waals surface area contributed by atoms with Crippen LogP contribution in [-0.4, -0.2) is 61.4 Å². The second kappa shape index (κ2) is 10.2. The van der Waals surface area contributed by atoms with E-state index in [2.05, 4.69) is 10.3 Å². The maximum atomic E-state index is 14.0. The summed E-state index contributed by atoms with van der Waals surface area (Å²) in [6.45, 7) is -0.183. The molecule has 1 heterocycles. The lowest BCUT2D eigenvalue weighted by molar-refractivity contribution is 0.0601. The summed E-state index contributed by atoms with van der Waals surface area (Å²) in [7, 11) is 0.444. The Kier molecular flexibility index (Phi) is 8.07. The SMILES string of the molecule is COC(=O)c1cc(-c2cccc(S(=O)(=O)N(C)C)c2)c2nnn(C/C(F)=C/CN)c2c1.Cl. The number of carbonyl (C=O) groups is 1. The number of allylic oxidation sites excluding steroid dienone is 1. The van der Waals surface area contributed by atoms with Crippen LogP contribution in [0.15, 0.2) is 53.2 Å². The van der Waals surface area contributed by atoms with Gasteiger partial charge in [-0.15, -0.1) is 17.5 Å². The van der Waals surface area contributed by atoms with Gasteiger partial charge in [-0.3, -0.25) is 0 Å². The molecule has 3 rings (SSSR count). The number of sulfonamides is 1. The number of aromatic nitrogens is 3. The van der Waals surface area contributed by atoms with Gasteiger partial charge in [0.2, 0.25) is 10.0 Å². The van der Waals surface area contributed by atoms with Gasteiger partial charge >= 0.3 is 5.97 Å². The third kappa shape index (κ3) is 4.96. The summed E-state index contributed by atoms with van der Waals surface area (Å²) >= 11 is 0. The van der Waals surface area contributed by atoms with Crippen molar-refractivity contribution in [3.8, 4) is 11.1 Å². The van der Waals surface area contributed by atoms with E-state index in [0.717, 1.165) is 4.31 Å². The Morgan fingerprint density at radius 2 is 2.00 bits per heavy atom. The predicted octanol–water partition coefficient (Wildman–Crippen LogP) is 2.37. The number of carbonyl (C=O) groups excluding carboxylic acids is 1. The predicted molar refractivity (Wildman–Crippen MR) is 121 cm³/mol. The highest BCUT2D eigenvalue weighted by molar-refractivity contribution is 7.89. The molecular formula is C20H23ClFN5O4S. The zero-order valence-corrected chi connectivity index (χ0v) is 19.3. The standard InChI is InChI=1S/C20H22FN5O4S.ClH/c1-25(2)31(28,29)16-6-4-5-13(9-16)17-10-14(20(27)30-3)11-18-19(17)23-24-26(18)12-15(21)7-8-22;/h4-7,9-11H,8,12,22H2,1-3H3;1H/b15-7-;. The minimum atomic E-state index is -3.68. The Morgan fingerprint density at radius 3 is 2.62 bits per heavy atom. The number of hydrogen-bond acceptors (Lipinski definition) is 7. The van der Waals surface area contributed by atoms with Crippen LogP contribution in [0.4, 0.5) is 4.39 Å². The highest BCUT2D eigenvalue weighted by Gasteiger charge is 2.21. The number of esters is 1. The molecule has 0 aliphatic carbocycles. The number of benzene rings is 2. The highest BCUT2D eigenvalue weighted by atomic mass is 35.5. The first-order valence-corrected chi connectivity index (χ1v) is 10.7. The quantitative estimate of drug-likeness (QED) is 0.512. The number of nitrogens with zero attached hydrogens (tertiary/aromatic N) is 4. The van der Waals surface area contributed by atoms with Crippen LogP contribution in [0, 0.1) is 0 Å². The first-order chi connectivity index (χ1) is 14.7. The molecule has 172 valence electrons. The van der Waals surface area contributed by atoms with E-state index in [4.69, 9.17) is 10.5 Å². The fourth-order valence-electron chi connectivity index (χ4n) is 3.01. The normalized spacial score (nSPS) is 12.1. The van der Waals surface area contributed by atoms with Crippen LogP contribution < -0.4 is 5.73 Å². The Morgan fingerprint density at radius 1 is 1.28 bits per heavy atom. The topological polar surface area (TPSA) is 120 Å². The van der Waals surface area contributed by atoms with Crippen molar-refractivity contribution in [2.75, 3.05) is 27.7 Å². The van der Waals surface area contributed by atoms with Gasteiger partial charge in [-0.25, -0.2) is 26.6 Å². The van der Waals surface area contributed by atoms with Gasteiger partial charge in [0.05, 0.1) is 29.6 Å². The average molecular weight is 484 g/mol. The van der Waals surface area contributed by atoms with Crippen LogP contribution in [0.5, 0.6) is 0 Å². The molecule has 0 bridgehead atoms. The third-order valence-corrected chi connectivity index (χ3v) is 6.42. The van der Waals surface area contributed by atoms with Crippen molar-refractivity contribution < 1.29 is 22.3 Å². The third-order valence-electron chi connectivity index (χ3n) is 4.61. The van der Waals surface area contributed by atoms with Crippen LogP contribution in [0.25, 0.3) is 22.2 Å². The Hall–Kier alpha value is -2.86. The molecule has 0 fully saturated rings. The van der Waals surface area contributed by atoms with E-state index >= 15 is 0 Å². The molecule has 0 saturated carbocycles. The van der Waals surface area contributed by atoms with Gasteiger partial charge in [-0.2, -0.15) is 0 Å². The highest BCUT2D eigenvalue weighted by Crippen LogP contribution is 2.31. The van der Waals surface area contributed by atoms with Gasteiger partial charge in [0.15, 0.2) is 0 Å². The fourth-order valence-corrected chi connectivity index (χ4v) is 3.96. The van der Waals surface area contributed by atoms with Crippen molar-refractivity contribution >= 4 is 39.4 Å². The minimum absolute atomic E-state index is 0. The molecule has 0 aliphatic rings. The minimum Gasteiger partial charge on any atom is -0.465 e. The van der Waals surface area contributed by atoms with E-state index in [1.54, 1.807) is 18.2 Å². The number of methoxy groups -OCH3 is 1. The average Bonchev–Trinajstić information content (AvgIpc) is 3.15. The second-order valence-electron chi connectivity index (χ2n) is 6.83. The monoisotopic (exact) mass is 483 g/mol. The van der Waals surface area contributed by atoms with Gasteiger partial charge in [-0.1, -0.05) is 17.3 Å². The summed E-state index contributed by atoms with van der Waals surface area (Å²) in [6.07, 6.45) is 1.22. The molecule has 0 unspecified atom stereocenters. The summed E-state index contributed by atoms with van der Waals surface area (Å²) < 4.78 is 46.4. The molecule has 2 N–H and O–H groups in total. The van der Waals surface area contributed by atoms with Crippen molar-refractivity contribution in [1.82, 2.24) is 19.3 Å². The van der Waals surface area contributed by atoms with Crippen molar-refractivity contribution in [2.45, 2.75) is 11.4 Å². The number of halogens is 2. The van der Waals surface area contributed by atoms with E-state index in [0.29, 0.717) is 22.2 Å². The fraction of sp³-hybridized carbons (Fsp3) is 0.250. The molecule has 1 aromatic heterocycles. The number of fused-ring (bicyclic) bond motifs is 1. The summed E-state index contributed by atoms with van der Waals surface area (Å²) in [5.74, 6) is -1.11. The molecule has 2 aromatic carbocycles. The van der Waals surface area contributed by atoms with E-state index in [1.165, 1.54) is 50.2 Å². The Bertz CT molecular complexity index is 1270.